The molecule has 1 saturated heterocycles. The van der Waals surface area contributed by atoms with Gasteiger partial charge in [0.15, 0.2) is 0 Å². The van der Waals surface area contributed by atoms with Crippen LogP contribution >= 0.6 is 23.7 Å². The second-order valence-corrected chi connectivity index (χ2v) is 6.95. The van der Waals surface area contributed by atoms with Crippen LogP contribution in [0.15, 0.2) is 11.4 Å². The summed E-state index contributed by atoms with van der Waals surface area (Å²) in [7, 11) is 0. The van der Waals surface area contributed by atoms with Crippen LogP contribution in [0.1, 0.15) is 34.0 Å². The van der Waals surface area contributed by atoms with Gasteiger partial charge in [-0.15, -0.1) is 23.7 Å². The summed E-state index contributed by atoms with van der Waals surface area (Å²) in [6.07, 6.45) is -2.23. The average Bonchev–Trinajstić information content (AvgIpc) is 3.24. The lowest BCUT2D eigenvalue weighted by Crippen LogP contribution is -2.57. The van der Waals surface area contributed by atoms with Gasteiger partial charge in [0.25, 0.3) is 5.91 Å². The van der Waals surface area contributed by atoms with Gasteiger partial charge in [-0.25, -0.2) is 0 Å². The minimum absolute atomic E-state index is 0. The number of hydrogen-bond donors (Lipinski definition) is 2. The van der Waals surface area contributed by atoms with E-state index in [0.29, 0.717) is 37.0 Å². The molecule has 3 rings (SSSR count). The number of alkyl halides is 3. The highest BCUT2D eigenvalue weighted by Crippen LogP contribution is 2.43. The fourth-order valence-electron chi connectivity index (χ4n) is 2.93. The summed E-state index contributed by atoms with van der Waals surface area (Å²) in [6, 6.07) is 0.285. The van der Waals surface area contributed by atoms with E-state index >= 15 is 0 Å². The van der Waals surface area contributed by atoms with Crippen molar-refractivity contribution in [3.8, 4) is 0 Å². The van der Waals surface area contributed by atoms with E-state index in [-0.39, 0.29) is 18.3 Å². The van der Waals surface area contributed by atoms with Crippen molar-refractivity contribution in [3.05, 3.63) is 21.9 Å². The van der Waals surface area contributed by atoms with E-state index in [2.05, 4.69) is 10.6 Å². The Labute approximate surface area is 149 Å². The van der Waals surface area contributed by atoms with Crippen LogP contribution in [0, 0.1) is 0 Å². The molecule has 1 atom stereocenters. The SMILES string of the molecule is Cl.O=C(NCC(N1CCNCC1)C(F)(F)F)c1sccc1C1CC1. The van der Waals surface area contributed by atoms with Crippen molar-refractivity contribution in [2.75, 3.05) is 32.7 Å². The van der Waals surface area contributed by atoms with Crippen LogP contribution in [0.5, 0.6) is 0 Å². The van der Waals surface area contributed by atoms with Crippen LogP contribution in [0.4, 0.5) is 13.2 Å². The van der Waals surface area contributed by atoms with E-state index in [1.54, 1.807) is 0 Å². The van der Waals surface area contributed by atoms with Crippen molar-refractivity contribution in [3.63, 3.8) is 0 Å². The zero-order chi connectivity index (χ0) is 16.4. The number of nitrogens with one attached hydrogen (secondary N) is 2. The molecule has 1 saturated carbocycles. The lowest BCUT2D eigenvalue weighted by atomic mass is 10.1. The summed E-state index contributed by atoms with van der Waals surface area (Å²) in [5.74, 6) is 0.0277. The molecular weight excluding hydrogens is 363 g/mol. The standard InChI is InChI=1S/C15H20F3N3OS.ClH/c16-15(17,18)12(21-6-4-19-5-7-21)9-20-14(22)13-11(3-8-23-13)10-1-2-10;/h3,8,10,12,19H,1-2,4-7,9H2,(H,20,22);1H. The number of rotatable bonds is 5. The van der Waals surface area contributed by atoms with E-state index in [1.165, 1.54) is 16.2 Å². The molecule has 2 N–H and O–H groups in total. The zero-order valence-electron chi connectivity index (χ0n) is 13.1. The molecule has 1 aliphatic heterocycles. The smallest absolute Gasteiger partial charge is 0.349 e. The Morgan fingerprint density at radius 3 is 2.62 bits per heavy atom. The van der Waals surface area contributed by atoms with E-state index in [4.69, 9.17) is 0 Å². The van der Waals surface area contributed by atoms with Crippen LogP contribution in [0.3, 0.4) is 0 Å². The number of nitrogens with zero attached hydrogens (tertiary/aromatic N) is 1. The van der Waals surface area contributed by atoms with Gasteiger partial charge in [0.2, 0.25) is 0 Å². The number of carbonyl (C=O) groups is 1. The Hall–Kier alpha value is -0.830. The van der Waals surface area contributed by atoms with Crippen molar-refractivity contribution >= 4 is 29.7 Å². The molecule has 1 aromatic rings. The first-order valence-corrected chi connectivity index (χ1v) is 8.72. The highest BCUT2D eigenvalue weighted by atomic mass is 35.5. The molecule has 1 unspecified atom stereocenters. The Bertz CT molecular complexity index is 556. The van der Waals surface area contributed by atoms with Crippen molar-refractivity contribution < 1.29 is 18.0 Å². The fraction of sp³-hybridized carbons (Fsp3) is 0.667. The van der Waals surface area contributed by atoms with Gasteiger partial charge in [0.1, 0.15) is 6.04 Å². The second-order valence-electron chi connectivity index (χ2n) is 6.03. The largest absolute Gasteiger partial charge is 0.405 e. The third kappa shape index (κ3) is 4.62. The van der Waals surface area contributed by atoms with Crippen LogP contribution in [0.2, 0.25) is 0 Å². The molecule has 0 radical (unpaired) electrons. The molecule has 2 aliphatic rings. The van der Waals surface area contributed by atoms with Crippen molar-refractivity contribution in [1.29, 1.82) is 0 Å². The number of thiophene rings is 1. The average molecular weight is 384 g/mol. The van der Waals surface area contributed by atoms with Gasteiger partial charge in [-0.3, -0.25) is 9.69 Å². The third-order valence-corrected chi connectivity index (χ3v) is 5.27. The normalized spacial score (nSPS) is 20.3. The number of halogens is 4. The maximum absolute atomic E-state index is 13.3. The lowest BCUT2D eigenvalue weighted by Gasteiger charge is -2.35. The Kier molecular flexibility index (Phi) is 6.52. The topological polar surface area (TPSA) is 44.4 Å². The molecule has 1 aromatic heterocycles. The molecule has 24 heavy (non-hydrogen) atoms. The Balaban J connectivity index is 0.00000208. The van der Waals surface area contributed by atoms with Crippen molar-refractivity contribution in [2.24, 2.45) is 0 Å². The van der Waals surface area contributed by atoms with Gasteiger partial charge < -0.3 is 10.6 Å². The van der Waals surface area contributed by atoms with Crippen LogP contribution < -0.4 is 10.6 Å². The van der Waals surface area contributed by atoms with Gasteiger partial charge in [-0.2, -0.15) is 13.2 Å². The molecule has 0 aromatic carbocycles. The predicted octanol–water partition coefficient (Wildman–Crippen LogP) is 2.61. The van der Waals surface area contributed by atoms with Gasteiger partial charge in [0, 0.05) is 32.7 Å². The molecular formula is C15H21ClF3N3OS. The molecule has 0 bridgehead atoms. The maximum Gasteiger partial charge on any atom is 0.405 e. The number of hydrogen-bond acceptors (Lipinski definition) is 4. The Morgan fingerprint density at radius 1 is 1.38 bits per heavy atom. The van der Waals surface area contributed by atoms with Crippen LogP contribution in [0.25, 0.3) is 0 Å². The number of amides is 1. The predicted molar refractivity (Wildman–Crippen MR) is 90.2 cm³/mol. The molecule has 9 heteroatoms. The van der Waals surface area contributed by atoms with Gasteiger partial charge in [-0.1, -0.05) is 0 Å². The van der Waals surface area contributed by atoms with E-state index < -0.39 is 18.8 Å². The Morgan fingerprint density at radius 2 is 2.04 bits per heavy atom. The summed E-state index contributed by atoms with van der Waals surface area (Å²) in [4.78, 5) is 14.2. The monoisotopic (exact) mass is 383 g/mol. The maximum atomic E-state index is 13.3. The van der Waals surface area contributed by atoms with Crippen molar-refractivity contribution in [1.82, 2.24) is 15.5 Å². The van der Waals surface area contributed by atoms with E-state index in [1.807, 2.05) is 11.4 Å². The minimum atomic E-state index is -4.35. The molecule has 1 aliphatic carbocycles. The van der Waals surface area contributed by atoms with Crippen LogP contribution in [-0.2, 0) is 0 Å². The fourth-order valence-corrected chi connectivity index (χ4v) is 3.84. The molecule has 2 heterocycles. The van der Waals surface area contributed by atoms with E-state index in [9.17, 15) is 18.0 Å². The third-order valence-electron chi connectivity index (χ3n) is 4.35. The molecule has 4 nitrogen and oxygen atoms in total. The summed E-state index contributed by atoms with van der Waals surface area (Å²) in [5.41, 5.74) is 0.984. The summed E-state index contributed by atoms with van der Waals surface area (Å²) >= 11 is 1.30. The molecule has 1 amide bonds. The van der Waals surface area contributed by atoms with Gasteiger partial charge in [-0.05, 0) is 35.8 Å². The first-order valence-electron chi connectivity index (χ1n) is 7.84. The van der Waals surface area contributed by atoms with Gasteiger partial charge in [0.05, 0.1) is 4.88 Å². The molecule has 2 fully saturated rings. The van der Waals surface area contributed by atoms with Crippen LogP contribution in [-0.4, -0.2) is 55.7 Å². The lowest BCUT2D eigenvalue weighted by molar-refractivity contribution is -0.183. The minimum Gasteiger partial charge on any atom is -0.349 e. The summed E-state index contributed by atoms with van der Waals surface area (Å²) in [6.45, 7) is 1.36. The molecule has 0 spiro atoms. The second kappa shape index (κ2) is 8.03. The quantitative estimate of drug-likeness (QED) is 0.821. The van der Waals surface area contributed by atoms with Crippen molar-refractivity contribution in [2.45, 2.75) is 31.0 Å². The zero-order valence-corrected chi connectivity index (χ0v) is 14.7. The first-order chi connectivity index (χ1) is 11.0. The number of piperazine rings is 1. The number of carbonyl (C=O) groups excluding carboxylic acids is 1. The van der Waals surface area contributed by atoms with E-state index in [0.717, 1.165) is 18.4 Å². The summed E-state index contributed by atoms with van der Waals surface area (Å²) < 4.78 is 39.9. The first kappa shape index (κ1) is 19.5. The summed E-state index contributed by atoms with van der Waals surface area (Å²) in [5, 5.41) is 7.38. The highest BCUT2D eigenvalue weighted by molar-refractivity contribution is 7.12. The highest BCUT2D eigenvalue weighted by Gasteiger charge is 2.44. The van der Waals surface area contributed by atoms with Gasteiger partial charge >= 0.3 is 6.18 Å². The molecule has 136 valence electrons.